The first-order valence-corrected chi connectivity index (χ1v) is 7.57. The zero-order valence-electron chi connectivity index (χ0n) is 14.0. The predicted octanol–water partition coefficient (Wildman–Crippen LogP) is 3.85. The highest BCUT2D eigenvalue weighted by atomic mass is 19.4. The number of nitrogens with one attached hydrogen (secondary N) is 1. The quantitative estimate of drug-likeness (QED) is 0.431. The molecule has 6 nitrogen and oxygen atoms in total. The van der Waals surface area contributed by atoms with Crippen LogP contribution in [0.5, 0.6) is 11.6 Å². The second kappa shape index (κ2) is 8.67. The Labute approximate surface area is 155 Å². The average Bonchev–Trinajstić information content (AvgIpc) is 2.59. The van der Waals surface area contributed by atoms with Gasteiger partial charge in [0.2, 0.25) is 5.88 Å². The Hall–Kier alpha value is -3.18. The molecule has 0 aliphatic rings. The fourth-order valence-corrected chi connectivity index (χ4v) is 1.85. The molecule has 0 radical (unpaired) electrons. The van der Waals surface area contributed by atoms with E-state index < -0.39 is 19.1 Å². The number of rotatable bonds is 6. The van der Waals surface area contributed by atoms with Gasteiger partial charge in [0.05, 0.1) is 6.54 Å². The monoisotopic (exact) mass is 408 g/mol. The van der Waals surface area contributed by atoms with Crippen LogP contribution in [-0.2, 0) is 6.54 Å². The number of guanidine groups is 1. The number of nitrogens with zero attached hydrogens (tertiary/aromatic N) is 2. The number of nitrogens with two attached hydrogens (primary N) is 1. The molecule has 0 amide bonds. The van der Waals surface area contributed by atoms with Gasteiger partial charge < -0.3 is 20.5 Å². The average molecular weight is 408 g/mol. The van der Waals surface area contributed by atoms with Crippen molar-refractivity contribution in [2.75, 3.05) is 11.9 Å². The third-order valence-corrected chi connectivity index (χ3v) is 2.97. The number of anilines is 1. The number of hydrogen-bond acceptors (Lipinski definition) is 4. The van der Waals surface area contributed by atoms with Crippen molar-refractivity contribution in [3.05, 3.63) is 48.2 Å². The molecule has 0 saturated carbocycles. The Morgan fingerprint density at radius 3 is 2.25 bits per heavy atom. The van der Waals surface area contributed by atoms with Crippen LogP contribution in [0.25, 0.3) is 0 Å². The molecular formula is C16H14F6N4O2. The molecule has 1 aromatic carbocycles. The van der Waals surface area contributed by atoms with E-state index in [9.17, 15) is 26.3 Å². The van der Waals surface area contributed by atoms with Crippen molar-refractivity contribution in [3.8, 4) is 11.6 Å². The minimum Gasteiger partial charge on any atom is -0.468 e. The van der Waals surface area contributed by atoms with Crippen LogP contribution in [0.1, 0.15) is 5.56 Å². The molecular weight excluding hydrogens is 394 g/mol. The van der Waals surface area contributed by atoms with Gasteiger partial charge in [0.1, 0.15) is 5.75 Å². The van der Waals surface area contributed by atoms with Gasteiger partial charge in [-0.05, 0) is 29.8 Å². The summed E-state index contributed by atoms with van der Waals surface area (Å²) in [5.74, 6) is -0.591. The molecule has 0 atom stereocenters. The topological polar surface area (TPSA) is 81.8 Å². The molecule has 1 aromatic heterocycles. The maximum Gasteiger partial charge on any atom is 0.573 e. The Morgan fingerprint density at radius 1 is 1.04 bits per heavy atom. The number of ether oxygens (including phenoxy) is 2. The van der Waals surface area contributed by atoms with Crippen LogP contribution in [0.3, 0.4) is 0 Å². The molecule has 0 bridgehead atoms. The van der Waals surface area contributed by atoms with Crippen LogP contribution in [0.15, 0.2) is 47.6 Å². The number of hydrogen-bond donors (Lipinski definition) is 2. The Kier molecular flexibility index (Phi) is 6.54. The van der Waals surface area contributed by atoms with Crippen molar-refractivity contribution in [1.29, 1.82) is 0 Å². The Morgan fingerprint density at radius 2 is 1.71 bits per heavy atom. The van der Waals surface area contributed by atoms with E-state index in [1.54, 1.807) is 0 Å². The Bertz CT molecular complexity index is 789. The van der Waals surface area contributed by atoms with Crippen LogP contribution in [0.2, 0.25) is 0 Å². The standard InChI is InChI=1S/C16H14F6N4O2/c17-15(18,19)9-27-13-6-1-10(7-24-13)8-25-14(23)26-11-2-4-12(5-3-11)28-16(20,21)22/h1-7H,8-9H2,(H3,23,25,26). The van der Waals surface area contributed by atoms with Crippen LogP contribution < -0.4 is 20.5 Å². The molecule has 0 saturated heterocycles. The lowest BCUT2D eigenvalue weighted by atomic mass is 10.3. The first-order chi connectivity index (χ1) is 13.0. The third kappa shape index (κ3) is 8.01. The third-order valence-electron chi connectivity index (χ3n) is 2.97. The number of aromatic nitrogens is 1. The smallest absolute Gasteiger partial charge is 0.468 e. The summed E-state index contributed by atoms with van der Waals surface area (Å²) in [5.41, 5.74) is 6.61. The fourth-order valence-electron chi connectivity index (χ4n) is 1.85. The first kappa shape index (κ1) is 21.1. The maximum atomic E-state index is 12.1. The van der Waals surface area contributed by atoms with Crippen molar-refractivity contribution in [2.45, 2.75) is 19.1 Å². The molecule has 0 unspecified atom stereocenters. The highest BCUT2D eigenvalue weighted by molar-refractivity contribution is 5.92. The van der Waals surface area contributed by atoms with Crippen LogP contribution in [0.4, 0.5) is 32.0 Å². The molecule has 0 fully saturated rings. The molecule has 2 rings (SSSR count). The van der Waals surface area contributed by atoms with Crippen molar-refractivity contribution in [3.63, 3.8) is 0 Å². The highest BCUT2D eigenvalue weighted by Gasteiger charge is 2.31. The summed E-state index contributed by atoms with van der Waals surface area (Å²) < 4.78 is 80.7. The maximum absolute atomic E-state index is 12.1. The summed E-state index contributed by atoms with van der Waals surface area (Å²) in [6.45, 7) is -1.37. The lowest BCUT2D eigenvalue weighted by Crippen LogP contribution is -2.22. The molecule has 0 spiro atoms. The number of alkyl halides is 6. The van der Waals surface area contributed by atoms with Gasteiger partial charge in [0.15, 0.2) is 12.6 Å². The molecule has 28 heavy (non-hydrogen) atoms. The van der Waals surface area contributed by atoms with Gasteiger partial charge in [0.25, 0.3) is 0 Å². The molecule has 0 aliphatic heterocycles. The summed E-state index contributed by atoms with van der Waals surface area (Å²) >= 11 is 0. The van der Waals surface area contributed by atoms with Crippen molar-refractivity contribution in [1.82, 2.24) is 4.98 Å². The summed E-state index contributed by atoms with van der Waals surface area (Å²) in [6, 6.07) is 7.58. The minimum atomic E-state index is -4.78. The van der Waals surface area contributed by atoms with E-state index in [1.807, 2.05) is 0 Å². The normalized spacial score (nSPS) is 12.6. The summed E-state index contributed by atoms with van der Waals surface area (Å²) in [7, 11) is 0. The highest BCUT2D eigenvalue weighted by Crippen LogP contribution is 2.24. The number of aliphatic imine (C=N–C) groups is 1. The van der Waals surface area contributed by atoms with Crippen molar-refractivity contribution in [2.24, 2.45) is 10.7 Å². The van der Waals surface area contributed by atoms with E-state index in [-0.39, 0.29) is 24.1 Å². The van der Waals surface area contributed by atoms with E-state index in [0.29, 0.717) is 11.3 Å². The van der Waals surface area contributed by atoms with Gasteiger partial charge in [-0.1, -0.05) is 6.07 Å². The molecule has 2 aromatic rings. The number of pyridine rings is 1. The van der Waals surface area contributed by atoms with Crippen molar-refractivity contribution < 1.29 is 35.8 Å². The minimum absolute atomic E-state index is 0.0260. The van der Waals surface area contributed by atoms with Gasteiger partial charge >= 0.3 is 12.5 Å². The number of halogens is 6. The van der Waals surface area contributed by atoms with Crippen LogP contribution in [0, 0.1) is 0 Å². The van der Waals surface area contributed by atoms with E-state index in [2.05, 4.69) is 24.8 Å². The number of benzene rings is 1. The van der Waals surface area contributed by atoms with Gasteiger partial charge in [-0.15, -0.1) is 13.2 Å². The second-order valence-electron chi connectivity index (χ2n) is 5.31. The molecule has 0 aliphatic carbocycles. The lowest BCUT2D eigenvalue weighted by Gasteiger charge is -2.10. The summed E-state index contributed by atoms with van der Waals surface area (Å²) in [6.07, 6.45) is -7.95. The van der Waals surface area contributed by atoms with E-state index in [1.165, 1.54) is 30.5 Å². The largest absolute Gasteiger partial charge is 0.573 e. The van der Waals surface area contributed by atoms with Gasteiger partial charge in [-0.3, -0.25) is 0 Å². The SMILES string of the molecule is NC(=NCc1ccc(OCC(F)(F)F)nc1)Nc1ccc(OC(F)(F)F)cc1. The zero-order valence-corrected chi connectivity index (χ0v) is 14.0. The molecule has 152 valence electrons. The molecule has 12 heteroatoms. The Balaban J connectivity index is 1.86. The summed E-state index contributed by atoms with van der Waals surface area (Å²) in [5, 5.41) is 2.67. The van der Waals surface area contributed by atoms with Gasteiger partial charge in [0, 0.05) is 18.0 Å². The van der Waals surface area contributed by atoms with Gasteiger partial charge in [-0.2, -0.15) is 13.2 Å². The predicted molar refractivity (Wildman–Crippen MR) is 87.9 cm³/mol. The first-order valence-electron chi connectivity index (χ1n) is 7.57. The van der Waals surface area contributed by atoms with Crippen molar-refractivity contribution >= 4 is 11.6 Å². The van der Waals surface area contributed by atoms with Gasteiger partial charge in [-0.25, -0.2) is 9.98 Å². The fraction of sp³-hybridized carbons (Fsp3) is 0.250. The molecule has 3 N–H and O–H groups in total. The van der Waals surface area contributed by atoms with E-state index >= 15 is 0 Å². The van der Waals surface area contributed by atoms with Crippen LogP contribution >= 0.6 is 0 Å². The van der Waals surface area contributed by atoms with E-state index in [0.717, 1.165) is 12.1 Å². The molecule has 1 heterocycles. The second-order valence-corrected chi connectivity index (χ2v) is 5.31. The van der Waals surface area contributed by atoms with Crippen LogP contribution in [-0.4, -0.2) is 30.1 Å². The zero-order chi connectivity index (χ0) is 20.8. The summed E-state index contributed by atoms with van der Waals surface area (Å²) in [4.78, 5) is 7.72. The lowest BCUT2D eigenvalue weighted by molar-refractivity contribution is -0.274. The van der Waals surface area contributed by atoms with E-state index in [4.69, 9.17) is 5.73 Å².